The zero-order valence-corrected chi connectivity index (χ0v) is 57.4. The van der Waals surface area contributed by atoms with E-state index in [1.165, 1.54) is 0 Å². The van der Waals surface area contributed by atoms with Crippen LogP contribution in [0.15, 0.2) is 0 Å². The molecule has 0 aromatic carbocycles. The number of hydrogen-bond donors (Lipinski definition) is 36. The molecule has 36 N–H and O–H groups in total. The van der Waals surface area contributed by atoms with Crippen molar-refractivity contribution in [3.05, 3.63) is 0 Å². The molecule has 41 heteroatoms. The number of aliphatic hydroxyl groups is 36. The van der Waals surface area contributed by atoms with Crippen LogP contribution in [-0.4, -0.2) is 496 Å². The van der Waals surface area contributed by atoms with Gasteiger partial charge in [-0.05, 0) is 19.4 Å². The van der Waals surface area contributed by atoms with Gasteiger partial charge in [0.15, 0.2) is 0 Å². The van der Waals surface area contributed by atoms with Crippen molar-refractivity contribution in [2.24, 2.45) is 37.9 Å². The van der Waals surface area contributed by atoms with E-state index in [1.54, 1.807) is 0 Å². The quantitative estimate of drug-likeness (QED) is 0.0269. The Morgan fingerprint density at radius 3 is 0.584 bits per heavy atom. The highest BCUT2D eigenvalue weighted by molar-refractivity contribution is 4.84. The minimum atomic E-state index is -1.67. The molecule has 0 aliphatic heterocycles. The van der Waals surface area contributed by atoms with E-state index in [4.69, 9.17) is 162 Å². The standard InChI is InChI=1S/C15H32O10.C10H22O7.C7H17NO2.C6H14O6.C6H14O5.C6H14O3.C5H12O4.C3H8O3.2CH4/c16-1-13(2-17,3-18)9-24-11-15(7-22,8-23)12-25-10-14(4-19,5-20)6-21;11-1-9(2-12,3-13)7-17-8-10(4-14,5-15)6-16;1-2-3-8(4-6-9)5-7-10;7-1-3(9)5(11)6(12)4(10)2-8;7-1-5(9)3-11-4-6(10)2-8;1-2-6(3-7,4-8)5-9;6-1-5(2-7,3-8)4-9;4-1-3(6)2-5;;/h16-23H,1-12H2;11-16H,1-8H2;9-10H,2-7H2,1H3;3-12H,1-2H2;5-10H,1-4H2;7-9H,2-5H2,1H3;6-9H,1-4H2;3-6H,1-2H2;2*1H4. The van der Waals surface area contributed by atoms with Crippen molar-refractivity contribution >= 4 is 0 Å². The van der Waals surface area contributed by atoms with Crippen LogP contribution in [0.1, 0.15) is 41.5 Å². The van der Waals surface area contributed by atoms with Crippen LogP contribution in [0.5, 0.6) is 0 Å². The van der Waals surface area contributed by atoms with Gasteiger partial charge in [-0.1, -0.05) is 28.7 Å². The molecule has 0 aromatic rings. The van der Waals surface area contributed by atoms with Crippen molar-refractivity contribution < 1.29 is 203 Å². The summed E-state index contributed by atoms with van der Waals surface area (Å²) in [5, 5.41) is 316. The van der Waals surface area contributed by atoms with E-state index in [0.29, 0.717) is 19.5 Å². The number of nitrogens with zero attached hydrogens (tertiary/aromatic N) is 1. The van der Waals surface area contributed by atoms with Crippen LogP contribution in [0.3, 0.4) is 0 Å². The van der Waals surface area contributed by atoms with Crippen LogP contribution in [0, 0.1) is 37.9 Å². The Bertz CT molecular complexity index is 1410. The van der Waals surface area contributed by atoms with E-state index >= 15 is 0 Å². The minimum Gasteiger partial charge on any atom is -0.396 e. The normalized spacial score (nSPS) is 13.7. The first-order valence-electron chi connectivity index (χ1n) is 31.3. The summed E-state index contributed by atoms with van der Waals surface area (Å²) < 4.78 is 20.6. The Kier molecular flexibility index (Phi) is 91.2. The minimum absolute atomic E-state index is 0. The van der Waals surface area contributed by atoms with Gasteiger partial charge in [0, 0.05) is 18.5 Å². The van der Waals surface area contributed by atoms with Crippen molar-refractivity contribution in [3.63, 3.8) is 0 Å². The summed E-state index contributed by atoms with van der Waals surface area (Å²) in [7, 11) is 0. The highest BCUT2D eigenvalue weighted by Crippen LogP contribution is 2.24. The van der Waals surface area contributed by atoms with E-state index < -0.39 is 213 Å². The van der Waals surface area contributed by atoms with E-state index in [9.17, 15) is 40.9 Å². The number of rotatable bonds is 53. The van der Waals surface area contributed by atoms with Crippen molar-refractivity contribution in [3.8, 4) is 0 Å². The van der Waals surface area contributed by atoms with Gasteiger partial charge >= 0.3 is 0 Å². The van der Waals surface area contributed by atoms with Crippen LogP contribution in [-0.2, 0) is 18.9 Å². The summed E-state index contributed by atoms with van der Waals surface area (Å²) in [6.45, 7) is -6.32. The van der Waals surface area contributed by atoms with Crippen LogP contribution in [0.4, 0.5) is 0 Å². The molecular formula is C60H141NO40. The van der Waals surface area contributed by atoms with Gasteiger partial charge in [0.2, 0.25) is 0 Å². The Hall–Kier alpha value is -1.64. The Morgan fingerprint density at radius 1 is 0.248 bits per heavy atom. The molecule has 0 saturated carbocycles. The lowest BCUT2D eigenvalue weighted by atomic mass is 9.88. The van der Waals surface area contributed by atoms with Gasteiger partial charge < -0.3 is 203 Å². The van der Waals surface area contributed by atoms with Gasteiger partial charge in [-0.15, -0.1) is 0 Å². The summed E-state index contributed by atoms with van der Waals surface area (Å²) in [4.78, 5) is 2.04. The fraction of sp³-hybridized carbons (Fsp3) is 1.00. The summed E-state index contributed by atoms with van der Waals surface area (Å²) >= 11 is 0. The smallest absolute Gasteiger partial charge is 0.111 e. The first-order chi connectivity index (χ1) is 46.9. The van der Waals surface area contributed by atoms with Crippen molar-refractivity contribution in [1.82, 2.24) is 4.90 Å². The van der Waals surface area contributed by atoms with E-state index in [1.807, 2.05) is 11.8 Å². The molecule has 626 valence electrons. The topological polar surface area (TPSA) is 768 Å². The molecule has 0 bridgehead atoms. The highest BCUT2D eigenvalue weighted by Gasteiger charge is 2.37. The molecule has 0 spiro atoms. The molecule has 0 aliphatic carbocycles. The van der Waals surface area contributed by atoms with E-state index in [2.05, 4.69) is 6.92 Å². The average molecular weight is 1520 g/mol. The lowest BCUT2D eigenvalue weighted by Gasteiger charge is -2.34. The molecular weight excluding hydrogens is 1370 g/mol. The highest BCUT2D eigenvalue weighted by atomic mass is 16.5. The molecule has 0 radical (unpaired) electrons. The van der Waals surface area contributed by atoms with Crippen LogP contribution in [0.2, 0.25) is 0 Å². The molecule has 6 unspecified atom stereocenters. The third-order valence-electron chi connectivity index (χ3n) is 14.6. The molecule has 0 rings (SSSR count). The summed E-state index contributed by atoms with van der Waals surface area (Å²) in [6, 6.07) is 0. The largest absolute Gasteiger partial charge is 0.396 e. The van der Waals surface area contributed by atoms with Gasteiger partial charge in [0.25, 0.3) is 0 Å². The van der Waals surface area contributed by atoms with Gasteiger partial charge in [-0.3, -0.25) is 4.90 Å². The zero-order chi connectivity index (χ0) is 78.6. The van der Waals surface area contributed by atoms with Gasteiger partial charge in [0.05, 0.1) is 277 Å². The number of aliphatic hydroxyl groups excluding tert-OH is 36. The van der Waals surface area contributed by atoms with E-state index in [0.717, 1.165) is 13.0 Å². The number of hydrogen-bond acceptors (Lipinski definition) is 41. The van der Waals surface area contributed by atoms with Gasteiger partial charge in [-0.25, -0.2) is 0 Å². The SMILES string of the molecule is C.C.CCC(CO)(CO)CO.CCCN(CCO)CCO.OCC(CO)(CO)CO.OCC(CO)(CO)COCC(CO)(CO)CO.OCC(CO)(CO)COCC(CO)(CO)COCC(CO)(CO)CO.OCC(O)C(O)C(O)C(O)CO.OCC(O)CO.OCC(O)COCC(O)CO. The summed E-state index contributed by atoms with van der Waals surface area (Å²) in [5.41, 5.74) is -7.79. The van der Waals surface area contributed by atoms with Crippen molar-refractivity contribution in [2.45, 2.75) is 84.3 Å². The molecule has 0 saturated heterocycles. The maximum atomic E-state index is 9.56. The molecule has 0 aliphatic rings. The molecule has 0 heterocycles. The predicted molar refractivity (Wildman–Crippen MR) is 358 cm³/mol. The summed E-state index contributed by atoms with van der Waals surface area (Å²) in [6.07, 6.45) is -7.51. The Morgan fingerprint density at radius 2 is 0.455 bits per heavy atom. The number of ether oxygens (including phenoxy) is 4. The van der Waals surface area contributed by atoms with Gasteiger partial charge in [-0.2, -0.15) is 0 Å². The third-order valence-corrected chi connectivity index (χ3v) is 14.6. The van der Waals surface area contributed by atoms with E-state index in [-0.39, 0.29) is 127 Å². The zero-order valence-electron chi connectivity index (χ0n) is 57.4. The lowest BCUT2D eigenvalue weighted by Crippen LogP contribution is -2.46. The molecule has 0 amide bonds. The summed E-state index contributed by atoms with van der Waals surface area (Å²) in [5.74, 6) is 0. The molecule has 0 aromatic heterocycles. The Balaban J connectivity index is -0.000000121. The van der Waals surface area contributed by atoms with Crippen LogP contribution >= 0.6 is 0 Å². The second-order valence-corrected chi connectivity index (χ2v) is 23.7. The predicted octanol–water partition coefficient (Wildman–Crippen LogP) is -16.4. The third kappa shape index (κ3) is 56.3. The fourth-order valence-corrected chi connectivity index (χ4v) is 5.77. The van der Waals surface area contributed by atoms with Crippen molar-refractivity contribution in [2.75, 3.05) is 264 Å². The lowest BCUT2D eigenvalue weighted by molar-refractivity contribution is -0.127. The Labute approximate surface area is 592 Å². The first-order valence-corrected chi connectivity index (χ1v) is 31.3. The molecule has 101 heavy (non-hydrogen) atoms. The maximum absolute atomic E-state index is 9.56. The maximum Gasteiger partial charge on any atom is 0.111 e. The second-order valence-electron chi connectivity index (χ2n) is 23.7. The van der Waals surface area contributed by atoms with Gasteiger partial charge in [0.1, 0.15) is 42.7 Å². The van der Waals surface area contributed by atoms with Crippen LogP contribution in [0.25, 0.3) is 0 Å². The molecule has 41 nitrogen and oxygen atoms in total. The first kappa shape index (κ1) is 120. The second kappa shape index (κ2) is 76.6. The molecule has 0 fully saturated rings. The monoisotopic (exact) mass is 1520 g/mol. The fourth-order valence-electron chi connectivity index (χ4n) is 5.77. The molecule has 6 atom stereocenters. The average Bonchev–Trinajstić information content (AvgIpc) is 0.869. The van der Waals surface area contributed by atoms with Crippen LogP contribution < -0.4 is 0 Å². The van der Waals surface area contributed by atoms with Crippen molar-refractivity contribution in [1.29, 1.82) is 0 Å².